The maximum atomic E-state index is 12.2. The molecule has 1 amide bonds. The summed E-state index contributed by atoms with van der Waals surface area (Å²) in [6.07, 6.45) is 0. The minimum Gasteiger partial charge on any atom is -0.313 e. The number of ketones is 1. The van der Waals surface area contributed by atoms with Gasteiger partial charge in [0.25, 0.3) is 5.91 Å². The van der Waals surface area contributed by atoms with E-state index in [1.165, 1.54) is 29.6 Å². The summed E-state index contributed by atoms with van der Waals surface area (Å²) in [4.78, 5) is 24.4. The zero-order chi connectivity index (χ0) is 17.3. The Hall–Kier alpha value is -1.66. The molecule has 2 heterocycles. The second-order valence-corrected chi connectivity index (χ2v) is 7.48. The molecule has 2 aromatic heterocycles. The molecule has 3 nitrogen and oxygen atoms in total. The zero-order valence-corrected chi connectivity index (χ0v) is 15.6. The standard InChI is InChI=1S/C17H11Cl2NO2S2/c1-9(21)15-12(10-2-3-13(18)14(19)6-10)8-24-17(15)20-16(22)11-4-5-23-7-11/h2-8H,1H3,(H,20,22). The number of anilines is 1. The van der Waals surface area contributed by atoms with Crippen molar-refractivity contribution in [3.63, 3.8) is 0 Å². The van der Waals surface area contributed by atoms with Crippen molar-refractivity contribution in [1.29, 1.82) is 0 Å². The number of hydrogen-bond acceptors (Lipinski definition) is 4. The lowest BCUT2D eigenvalue weighted by molar-refractivity contribution is 0.101. The Kier molecular flexibility index (Phi) is 5.06. The molecule has 0 atom stereocenters. The van der Waals surface area contributed by atoms with E-state index in [1.54, 1.807) is 29.6 Å². The van der Waals surface area contributed by atoms with Gasteiger partial charge in [-0.15, -0.1) is 11.3 Å². The molecular weight excluding hydrogens is 385 g/mol. The summed E-state index contributed by atoms with van der Waals surface area (Å²) in [5, 5.41) is 9.63. The van der Waals surface area contributed by atoms with E-state index < -0.39 is 0 Å². The first-order chi connectivity index (χ1) is 11.5. The predicted octanol–water partition coefficient (Wildman–Crippen LogP) is 6.24. The number of Topliss-reactive ketones (excluding diaryl/α,β-unsaturated/α-hetero) is 1. The molecular formula is C17H11Cl2NO2S2. The van der Waals surface area contributed by atoms with Crippen LogP contribution >= 0.6 is 45.9 Å². The van der Waals surface area contributed by atoms with Crippen LogP contribution in [0.1, 0.15) is 27.6 Å². The first kappa shape index (κ1) is 17.2. The van der Waals surface area contributed by atoms with Crippen LogP contribution in [0, 0.1) is 0 Å². The minimum absolute atomic E-state index is 0.127. The highest BCUT2D eigenvalue weighted by Crippen LogP contribution is 2.38. The van der Waals surface area contributed by atoms with Gasteiger partial charge in [0.2, 0.25) is 0 Å². The molecule has 0 saturated carbocycles. The van der Waals surface area contributed by atoms with Crippen LogP contribution in [0.25, 0.3) is 11.1 Å². The Morgan fingerprint density at radius 2 is 1.88 bits per heavy atom. The summed E-state index contributed by atoms with van der Waals surface area (Å²) >= 11 is 14.8. The number of hydrogen-bond donors (Lipinski definition) is 1. The lowest BCUT2D eigenvalue weighted by Crippen LogP contribution is -2.12. The van der Waals surface area contributed by atoms with Crippen LogP contribution in [-0.4, -0.2) is 11.7 Å². The molecule has 3 aromatic rings. The fraction of sp³-hybridized carbons (Fsp3) is 0.0588. The predicted molar refractivity (Wildman–Crippen MR) is 102 cm³/mol. The summed E-state index contributed by atoms with van der Waals surface area (Å²) in [7, 11) is 0. The Balaban J connectivity index is 2.00. The summed E-state index contributed by atoms with van der Waals surface area (Å²) in [5.74, 6) is -0.362. The highest BCUT2D eigenvalue weighted by Gasteiger charge is 2.20. The van der Waals surface area contributed by atoms with Gasteiger partial charge in [0, 0.05) is 16.3 Å². The van der Waals surface area contributed by atoms with Crippen LogP contribution in [0.4, 0.5) is 5.00 Å². The van der Waals surface area contributed by atoms with Gasteiger partial charge >= 0.3 is 0 Å². The van der Waals surface area contributed by atoms with E-state index >= 15 is 0 Å². The Labute approximate surface area is 156 Å². The van der Waals surface area contributed by atoms with Crippen molar-refractivity contribution in [2.75, 3.05) is 5.32 Å². The quantitative estimate of drug-likeness (QED) is 0.531. The van der Waals surface area contributed by atoms with Gasteiger partial charge in [-0.3, -0.25) is 9.59 Å². The first-order valence-corrected chi connectivity index (χ1v) is 9.46. The molecule has 1 aromatic carbocycles. The largest absolute Gasteiger partial charge is 0.313 e. The maximum absolute atomic E-state index is 12.2. The third-order valence-corrected chi connectivity index (χ3v) is 5.70. The number of carbonyl (C=O) groups is 2. The number of carbonyl (C=O) groups excluding carboxylic acids is 2. The normalized spacial score (nSPS) is 10.6. The smallest absolute Gasteiger partial charge is 0.257 e. The molecule has 3 rings (SSSR count). The molecule has 0 fully saturated rings. The van der Waals surface area contributed by atoms with Crippen molar-refractivity contribution < 1.29 is 9.59 Å². The van der Waals surface area contributed by atoms with E-state index in [1.807, 2.05) is 10.8 Å². The van der Waals surface area contributed by atoms with Gasteiger partial charge in [0.15, 0.2) is 5.78 Å². The van der Waals surface area contributed by atoms with Crippen molar-refractivity contribution in [3.05, 3.63) is 61.6 Å². The van der Waals surface area contributed by atoms with Gasteiger partial charge in [-0.2, -0.15) is 11.3 Å². The molecule has 0 aliphatic carbocycles. The monoisotopic (exact) mass is 395 g/mol. The van der Waals surface area contributed by atoms with E-state index in [0.29, 0.717) is 26.2 Å². The van der Waals surface area contributed by atoms with E-state index in [4.69, 9.17) is 23.2 Å². The van der Waals surface area contributed by atoms with Crippen LogP contribution in [0.15, 0.2) is 40.4 Å². The Morgan fingerprint density at radius 1 is 1.08 bits per heavy atom. The summed E-state index contributed by atoms with van der Waals surface area (Å²) in [6.45, 7) is 1.48. The molecule has 0 radical (unpaired) electrons. The Morgan fingerprint density at radius 3 is 2.50 bits per heavy atom. The van der Waals surface area contributed by atoms with Gasteiger partial charge in [-0.05, 0) is 36.1 Å². The van der Waals surface area contributed by atoms with Crippen molar-refractivity contribution >= 4 is 62.6 Å². The number of amides is 1. The molecule has 0 aliphatic heterocycles. The highest BCUT2D eigenvalue weighted by atomic mass is 35.5. The van der Waals surface area contributed by atoms with Crippen molar-refractivity contribution in [2.24, 2.45) is 0 Å². The third kappa shape index (κ3) is 3.39. The molecule has 0 spiro atoms. The molecule has 0 saturated heterocycles. The van der Waals surface area contributed by atoms with Crippen molar-refractivity contribution in [3.8, 4) is 11.1 Å². The topological polar surface area (TPSA) is 46.2 Å². The molecule has 7 heteroatoms. The van der Waals surface area contributed by atoms with Crippen molar-refractivity contribution in [2.45, 2.75) is 6.92 Å². The molecule has 0 aliphatic rings. The maximum Gasteiger partial charge on any atom is 0.257 e. The zero-order valence-electron chi connectivity index (χ0n) is 12.4. The number of nitrogens with one attached hydrogen (secondary N) is 1. The SMILES string of the molecule is CC(=O)c1c(-c2ccc(Cl)c(Cl)c2)csc1NC(=O)c1ccsc1. The molecule has 1 N–H and O–H groups in total. The Bertz CT molecular complexity index is 917. The minimum atomic E-state index is -0.235. The van der Waals surface area contributed by atoms with Crippen LogP contribution in [-0.2, 0) is 0 Å². The van der Waals surface area contributed by atoms with Gasteiger partial charge < -0.3 is 5.32 Å². The van der Waals surface area contributed by atoms with Crippen LogP contribution in [0.2, 0.25) is 10.0 Å². The van der Waals surface area contributed by atoms with Gasteiger partial charge in [-0.25, -0.2) is 0 Å². The fourth-order valence-corrected chi connectivity index (χ4v) is 4.19. The van der Waals surface area contributed by atoms with E-state index in [2.05, 4.69) is 5.32 Å². The van der Waals surface area contributed by atoms with E-state index in [0.717, 1.165) is 11.1 Å². The molecule has 0 unspecified atom stereocenters. The number of rotatable bonds is 4. The summed E-state index contributed by atoms with van der Waals surface area (Å²) in [6, 6.07) is 6.93. The van der Waals surface area contributed by atoms with Gasteiger partial charge in [-0.1, -0.05) is 29.3 Å². The van der Waals surface area contributed by atoms with Crippen molar-refractivity contribution in [1.82, 2.24) is 0 Å². The molecule has 122 valence electrons. The fourth-order valence-electron chi connectivity index (χ4n) is 2.24. The van der Waals surface area contributed by atoms with E-state index in [-0.39, 0.29) is 11.7 Å². The van der Waals surface area contributed by atoms with Crippen LogP contribution < -0.4 is 5.32 Å². The molecule has 0 bridgehead atoms. The number of halogens is 2. The van der Waals surface area contributed by atoms with E-state index in [9.17, 15) is 9.59 Å². The second-order valence-electron chi connectivity index (χ2n) is 5.00. The van der Waals surface area contributed by atoms with Gasteiger partial charge in [0.1, 0.15) is 5.00 Å². The summed E-state index contributed by atoms with van der Waals surface area (Å²) in [5.41, 5.74) is 2.55. The lowest BCUT2D eigenvalue weighted by atomic mass is 10.0. The summed E-state index contributed by atoms with van der Waals surface area (Å²) < 4.78 is 0. The van der Waals surface area contributed by atoms with Crippen LogP contribution in [0.3, 0.4) is 0 Å². The van der Waals surface area contributed by atoms with Gasteiger partial charge in [0.05, 0.1) is 21.2 Å². The van der Waals surface area contributed by atoms with Crippen LogP contribution in [0.5, 0.6) is 0 Å². The third-order valence-electron chi connectivity index (χ3n) is 3.38. The lowest BCUT2D eigenvalue weighted by Gasteiger charge is -2.07. The molecule has 24 heavy (non-hydrogen) atoms. The first-order valence-electron chi connectivity index (χ1n) is 6.88. The number of thiophene rings is 2. The average Bonchev–Trinajstić information content (AvgIpc) is 3.19. The number of benzene rings is 1. The second kappa shape index (κ2) is 7.07. The highest BCUT2D eigenvalue weighted by molar-refractivity contribution is 7.15. The average molecular weight is 396 g/mol.